The van der Waals surface area contributed by atoms with Crippen LogP contribution in [0.4, 0.5) is 5.69 Å². The fraction of sp³-hybridized carbons (Fsp3) is 0.333. The van der Waals surface area contributed by atoms with Crippen LogP contribution in [-0.2, 0) is 0 Å². The molecule has 0 fully saturated rings. The first kappa shape index (κ1) is 11.6. The minimum absolute atomic E-state index is 0.197. The van der Waals surface area contributed by atoms with E-state index in [4.69, 9.17) is 39.1 Å². The monoisotopic (exact) mass is 235 g/mol. The fourth-order valence-electron chi connectivity index (χ4n) is 1.20. The normalized spacial score (nSPS) is 10.9. The van der Waals surface area contributed by atoms with Crippen LogP contribution >= 0.6 is 23.2 Å². The van der Waals surface area contributed by atoms with Gasteiger partial charge in [0.15, 0.2) is 0 Å². The lowest BCUT2D eigenvalue weighted by Gasteiger charge is -2.15. The van der Waals surface area contributed by atoms with E-state index in [0.29, 0.717) is 21.3 Å². The number of rotatable bonds is 3. The summed E-state index contributed by atoms with van der Waals surface area (Å²) < 4.78 is 0. The minimum atomic E-state index is -0.439. The number of aliphatic hydroxyl groups is 2. The highest BCUT2D eigenvalue weighted by Gasteiger charge is 2.15. The number of nitrogens with two attached hydrogens (primary N) is 1. The molecule has 78 valence electrons. The molecule has 3 nitrogen and oxygen atoms in total. The fourth-order valence-corrected chi connectivity index (χ4v) is 1.71. The minimum Gasteiger partial charge on any atom is -0.397 e. The highest BCUT2D eigenvalue weighted by Crippen LogP contribution is 2.32. The number of aliphatic hydroxyl groups excluding tert-OH is 2. The molecule has 0 aliphatic rings. The van der Waals surface area contributed by atoms with Gasteiger partial charge in [0, 0.05) is 10.9 Å². The smallest absolute Gasteiger partial charge is 0.0653 e. The average Bonchev–Trinajstić information content (AvgIpc) is 2.15. The Hall–Kier alpha value is -0.480. The van der Waals surface area contributed by atoms with E-state index in [0.717, 1.165) is 0 Å². The maximum Gasteiger partial charge on any atom is 0.0653 e. The van der Waals surface area contributed by atoms with Crippen molar-refractivity contribution >= 4 is 28.9 Å². The van der Waals surface area contributed by atoms with Crippen molar-refractivity contribution in [1.82, 2.24) is 0 Å². The van der Waals surface area contributed by atoms with E-state index in [-0.39, 0.29) is 13.2 Å². The second-order valence-electron chi connectivity index (χ2n) is 2.95. The summed E-state index contributed by atoms with van der Waals surface area (Å²) in [4.78, 5) is 0. The van der Waals surface area contributed by atoms with Crippen LogP contribution in [-0.4, -0.2) is 23.4 Å². The number of nitrogen functional groups attached to an aromatic ring is 1. The molecule has 0 spiro atoms. The summed E-state index contributed by atoms with van der Waals surface area (Å²) in [6.45, 7) is -0.394. The van der Waals surface area contributed by atoms with Crippen LogP contribution in [0.1, 0.15) is 11.5 Å². The van der Waals surface area contributed by atoms with Crippen molar-refractivity contribution in [3.8, 4) is 0 Å². The molecule has 14 heavy (non-hydrogen) atoms. The quantitative estimate of drug-likeness (QED) is 0.699. The molecule has 0 atom stereocenters. The average molecular weight is 236 g/mol. The third kappa shape index (κ3) is 2.30. The summed E-state index contributed by atoms with van der Waals surface area (Å²) in [5.41, 5.74) is 6.62. The molecule has 1 aromatic rings. The summed E-state index contributed by atoms with van der Waals surface area (Å²) in [6.07, 6.45) is 0. The van der Waals surface area contributed by atoms with E-state index in [2.05, 4.69) is 0 Å². The van der Waals surface area contributed by atoms with Gasteiger partial charge in [-0.15, -0.1) is 0 Å². The molecule has 0 aliphatic carbocycles. The summed E-state index contributed by atoms with van der Waals surface area (Å²) in [7, 11) is 0. The molecule has 0 unspecified atom stereocenters. The Morgan fingerprint density at radius 3 is 2.29 bits per heavy atom. The van der Waals surface area contributed by atoms with Crippen LogP contribution in [0.3, 0.4) is 0 Å². The Morgan fingerprint density at radius 1 is 1.21 bits per heavy atom. The molecule has 0 aromatic heterocycles. The number of anilines is 1. The molecular formula is C9H11Cl2NO2. The standard InChI is InChI=1S/C9H11Cl2NO2/c10-6-1-7(5(3-13)4-14)9(12)8(11)2-6/h1-2,5,13-14H,3-4,12H2. The third-order valence-corrected chi connectivity index (χ3v) is 2.54. The van der Waals surface area contributed by atoms with Crippen LogP contribution in [0, 0.1) is 0 Å². The Morgan fingerprint density at radius 2 is 1.79 bits per heavy atom. The highest BCUT2D eigenvalue weighted by molar-refractivity contribution is 6.36. The largest absolute Gasteiger partial charge is 0.397 e. The first-order chi connectivity index (χ1) is 6.60. The van der Waals surface area contributed by atoms with Crippen LogP contribution in [0.5, 0.6) is 0 Å². The van der Waals surface area contributed by atoms with Crippen molar-refractivity contribution in [3.63, 3.8) is 0 Å². The van der Waals surface area contributed by atoms with E-state index < -0.39 is 5.92 Å². The van der Waals surface area contributed by atoms with Gasteiger partial charge in [-0.1, -0.05) is 23.2 Å². The Kier molecular flexibility index (Phi) is 4.01. The zero-order valence-corrected chi connectivity index (χ0v) is 8.89. The Bertz CT molecular complexity index is 327. The van der Waals surface area contributed by atoms with Crippen LogP contribution in [0.15, 0.2) is 12.1 Å². The Balaban J connectivity index is 3.18. The van der Waals surface area contributed by atoms with Gasteiger partial charge in [0.25, 0.3) is 0 Å². The molecule has 0 saturated carbocycles. The lowest BCUT2D eigenvalue weighted by molar-refractivity contribution is 0.193. The van der Waals surface area contributed by atoms with Gasteiger partial charge in [-0.2, -0.15) is 0 Å². The topological polar surface area (TPSA) is 66.5 Å². The lowest BCUT2D eigenvalue weighted by atomic mass is 9.99. The van der Waals surface area contributed by atoms with E-state index >= 15 is 0 Å². The van der Waals surface area contributed by atoms with Gasteiger partial charge in [0.05, 0.1) is 23.9 Å². The zero-order chi connectivity index (χ0) is 10.7. The first-order valence-corrected chi connectivity index (χ1v) is 4.81. The lowest BCUT2D eigenvalue weighted by Crippen LogP contribution is -2.11. The Labute approximate surface area is 92.1 Å². The van der Waals surface area contributed by atoms with Gasteiger partial charge < -0.3 is 15.9 Å². The molecule has 0 heterocycles. The molecule has 4 N–H and O–H groups in total. The van der Waals surface area contributed by atoms with E-state index in [1.807, 2.05) is 0 Å². The molecular weight excluding hydrogens is 225 g/mol. The van der Waals surface area contributed by atoms with Crippen molar-refractivity contribution < 1.29 is 10.2 Å². The molecule has 1 rings (SSSR count). The number of halogens is 2. The predicted octanol–water partition coefficient (Wildman–Crippen LogP) is 1.64. The van der Waals surface area contributed by atoms with Crippen LogP contribution in [0.25, 0.3) is 0 Å². The second-order valence-corrected chi connectivity index (χ2v) is 3.80. The summed E-state index contributed by atoms with van der Waals surface area (Å²) >= 11 is 11.6. The predicted molar refractivity (Wildman–Crippen MR) is 57.8 cm³/mol. The SMILES string of the molecule is Nc1c(Cl)cc(Cl)cc1C(CO)CO. The van der Waals surface area contributed by atoms with Crippen LogP contribution < -0.4 is 5.73 Å². The van der Waals surface area contributed by atoms with Gasteiger partial charge in [0.2, 0.25) is 0 Å². The van der Waals surface area contributed by atoms with Gasteiger partial charge in [-0.25, -0.2) is 0 Å². The van der Waals surface area contributed by atoms with Crippen molar-refractivity contribution in [2.75, 3.05) is 18.9 Å². The second kappa shape index (κ2) is 4.84. The summed E-state index contributed by atoms with van der Waals surface area (Å²) in [5, 5.41) is 18.7. The summed E-state index contributed by atoms with van der Waals surface area (Å²) in [5.74, 6) is -0.439. The highest BCUT2D eigenvalue weighted by atomic mass is 35.5. The summed E-state index contributed by atoms with van der Waals surface area (Å²) in [6, 6.07) is 3.12. The van der Waals surface area contributed by atoms with Gasteiger partial charge >= 0.3 is 0 Å². The maximum absolute atomic E-state index is 8.98. The molecule has 0 amide bonds. The van der Waals surface area contributed by atoms with Crippen molar-refractivity contribution in [3.05, 3.63) is 27.7 Å². The van der Waals surface area contributed by atoms with E-state index in [1.165, 1.54) is 6.07 Å². The molecule has 0 saturated heterocycles. The zero-order valence-electron chi connectivity index (χ0n) is 7.37. The van der Waals surface area contributed by atoms with Crippen LogP contribution in [0.2, 0.25) is 10.0 Å². The van der Waals surface area contributed by atoms with E-state index in [1.54, 1.807) is 6.07 Å². The third-order valence-electron chi connectivity index (χ3n) is 2.01. The number of hydrogen-bond acceptors (Lipinski definition) is 3. The first-order valence-electron chi connectivity index (χ1n) is 4.06. The molecule has 0 aliphatic heterocycles. The molecule has 0 bridgehead atoms. The molecule has 1 aromatic carbocycles. The van der Waals surface area contributed by atoms with Crippen molar-refractivity contribution in [1.29, 1.82) is 0 Å². The van der Waals surface area contributed by atoms with Gasteiger partial charge in [-0.05, 0) is 17.7 Å². The molecule has 5 heteroatoms. The van der Waals surface area contributed by atoms with E-state index in [9.17, 15) is 0 Å². The van der Waals surface area contributed by atoms with Gasteiger partial charge in [-0.3, -0.25) is 0 Å². The number of benzene rings is 1. The maximum atomic E-state index is 8.98. The van der Waals surface area contributed by atoms with Crippen molar-refractivity contribution in [2.45, 2.75) is 5.92 Å². The van der Waals surface area contributed by atoms with Gasteiger partial charge in [0.1, 0.15) is 0 Å². The number of hydrogen-bond donors (Lipinski definition) is 3. The van der Waals surface area contributed by atoms with Crippen molar-refractivity contribution in [2.24, 2.45) is 0 Å². The molecule has 0 radical (unpaired) electrons.